The van der Waals surface area contributed by atoms with Crippen LogP contribution in [0.25, 0.3) is 1.43 Å². The van der Waals surface area contributed by atoms with Crippen LogP contribution in [0.3, 0.4) is 0 Å². The molecule has 0 aliphatic rings. The molecule has 0 saturated carbocycles. The Bertz CT molecular complexity index is 419. The van der Waals surface area contributed by atoms with E-state index in [0.29, 0.717) is 0 Å². The van der Waals surface area contributed by atoms with Gasteiger partial charge < -0.3 is 15.9 Å². The van der Waals surface area contributed by atoms with Crippen molar-refractivity contribution in [2.45, 2.75) is 12.8 Å². The van der Waals surface area contributed by atoms with E-state index in [4.69, 9.17) is 7.16 Å². The van der Waals surface area contributed by atoms with Crippen LogP contribution in [-0.2, 0) is 4.79 Å². The van der Waals surface area contributed by atoms with Gasteiger partial charge in [0.05, 0.1) is 12.1 Å². The van der Waals surface area contributed by atoms with Gasteiger partial charge in [0.1, 0.15) is 5.75 Å². The number of Topliss-reactive ketones (excluding diaryl/α,β-unsaturated/α-hetero) is 1. The van der Waals surface area contributed by atoms with Gasteiger partial charge in [0.15, 0.2) is 5.78 Å². The summed E-state index contributed by atoms with van der Waals surface area (Å²) in [6.07, 6.45) is -0.289. The first-order valence-corrected chi connectivity index (χ1v) is 4.33. The van der Waals surface area contributed by atoms with Crippen LogP contribution in [0.1, 0.15) is 23.2 Å². The molecule has 0 saturated heterocycles. The Morgan fingerprint density at radius 1 is 1.40 bits per heavy atom. The number of phenols is 1. The fraction of sp³-hybridized carbons (Fsp3) is 0.200. The molecule has 0 unspecified atom stereocenters. The third-order valence-electron chi connectivity index (χ3n) is 1.94. The molecule has 5 heteroatoms. The number of nitrogen functional groups attached to an aromatic ring is 1. The number of carbonyl (C=O) groups excluding carboxylic acids is 1. The van der Waals surface area contributed by atoms with Gasteiger partial charge in [-0.2, -0.15) is 0 Å². The summed E-state index contributed by atoms with van der Waals surface area (Å²) in [5, 5.41) is 12.9. The summed E-state index contributed by atoms with van der Waals surface area (Å²) < 4.78 is 6.31. The Hall–Kier alpha value is -2.04. The van der Waals surface area contributed by atoms with Crippen molar-refractivity contribution in [2.75, 3.05) is 5.73 Å². The maximum Gasteiger partial charge on any atom is 0.303 e. The van der Waals surface area contributed by atoms with E-state index in [1.165, 1.54) is 18.2 Å². The number of para-hydroxylation sites is 1. The first-order valence-electron chi connectivity index (χ1n) is 4.73. The molecule has 0 fully saturated rings. The Balaban J connectivity index is 2.74. The van der Waals surface area contributed by atoms with Crippen molar-refractivity contribution in [1.29, 1.82) is 1.43 Å². The number of hydrogen-bond donors (Lipinski definition) is 3. The van der Waals surface area contributed by atoms with Crippen LogP contribution in [0.4, 0.5) is 5.69 Å². The van der Waals surface area contributed by atoms with E-state index in [2.05, 4.69) is 5.11 Å². The third kappa shape index (κ3) is 2.70. The average molecular weight is 210 g/mol. The topological polar surface area (TPSA) is 101 Å². The smallest absolute Gasteiger partial charge is 0.303 e. The third-order valence-corrected chi connectivity index (χ3v) is 1.94. The molecule has 0 aliphatic carbocycles. The summed E-state index contributed by atoms with van der Waals surface area (Å²) in [6, 6.07) is 4.31. The van der Waals surface area contributed by atoms with Crippen LogP contribution in [0.5, 0.6) is 5.75 Å². The monoisotopic (exact) mass is 210 g/mol. The number of nitrogens with two attached hydrogens (primary N) is 1. The maximum absolute atomic E-state index is 11.6. The second-order valence-electron chi connectivity index (χ2n) is 3.03. The number of benzene rings is 1. The molecule has 1 aromatic carbocycles. The normalized spacial score (nSPS) is 10.5. The molecular weight excluding hydrogens is 198 g/mol. The van der Waals surface area contributed by atoms with Gasteiger partial charge in [-0.15, -0.1) is 0 Å². The molecule has 0 spiro atoms. The summed E-state index contributed by atoms with van der Waals surface area (Å²) in [6.45, 7) is 0. The molecule has 0 radical (unpaired) electrons. The predicted molar refractivity (Wildman–Crippen MR) is 53.7 cm³/mol. The molecule has 15 heavy (non-hydrogen) atoms. The van der Waals surface area contributed by atoms with Crippen molar-refractivity contribution in [2.24, 2.45) is 0 Å². The van der Waals surface area contributed by atoms with Gasteiger partial charge in [-0.3, -0.25) is 9.59 Å². The second-order valence-corrected chi connectivity index (χ2v) is 3.03. The van der Waals surface area contributed by atoms with Gasteiger partial charge in [-0.1, -0.05) is 6.07 Å². The van der Waals surface area contributed by atoms with Crippen molar-refractivity contribution < 1.29 is 19.8 Å². The van der Waals surface area contributed by atoms with E-state index >= 15 is 0 Å². The average Bonchev–Trinajstić information content (AvgIpc) is 2.29. The molecule has 0 aromatic heterocycles. The zero-order chi connectivity index (χ0) is 12.1. The number of carboxylic acid groups (broad SMARTS) is 1. The Kier molecular flexibility index (Phi) is 2.82. The van der Waals surface area contributed by atoms with Crippen LogP contribution >= 0.6 is 0 Å². The quantitative estimate of drug-likeness (QED) is 0.391. The number of aromatic hydroxyl groups is 1. The predicted octanol–water partition coefficient (Wildman–Crippen LogP) is 1.02. The molecular formula is C10H11NO4. The minimum atomic E-state index is -0.785. The molecule has 0 heterocycles. The number of aliphatic carboxylic acids is 1. The first-order chi connectivity index (χ1) is 7.56. The summed E-state index contributed by atoms with van der Waals surface area (Å²) in [4.78, 5) is 22.2. The van der Waals surface area contributed by atoms with Crippen molar-refractivity contribution in [3.05, 3.63) is 23.8 Å². The minimum absolute atomic E-state index is 0.00765. The van der Waals surface area contributed by atoms with Crippen molar-refractivity contribution >= 4 is 17.4 Å². The zero-order valence-corrected chi connectivity index (χ0v) is 7.90. The lowest BCUT2D eigenvalue weighted by atomic mass is 10.0. The second kappa shape index (κ2) is 4.45. The standard InChI is InChI=1S/C10H11NO4/c11-10-6(2-1-3-8(10)13)7(12)4-5-9(14)15/h1-3,13H,4-5,11H2,(H,14,15)/i/hD. The number of ketones is 1. The van der Waals surface area contributed by atoms with Gasteiger partial charge in [0.2, 0.25) is 0 Å². The van der Waals surface area contributed by atoms with E-state index in [0.717, 1.165) is 0 Å². The van der Waals surface area contributed by atoms with Gasteiger partial charge >= 0.3 is 5.97 Å². The Morgan fingerprint density at radius 3 is 2.80 bits per heavy atom. The molecule has 80 valence electrons. The van der Waals surface area contributed by atoms with E-state index in [9.17, 15) is 14.7 Å². The lowest BCUT2D eigenvalue weighted by molar-refractivity contribution is -0.136. The van der Waals surface area contributed by atoms with Gasteiger partial charge in [0, 0.05) is 12.0 Å². The lowest BCUT2D eigenvalue weighted by Crippen LogP contribution is -2.06. The van der Waals surface area contributed by atoms with E-state index in [1.54, 1.807) is 0 Å². The van der Waals surface area contributed by atoms with Crippen LogP contribution < -0.4 is 5.73 Å². The van der Waals surface area contributed by atoms with E-state index in [-0.39, 0.29) is 35.6 Å². The molecule has 1 aromatic rings. The van der Waals surface area contributed by atoms with Crippen LogP contribution in [0, 0.1) is 0 Å². The highest BCUT2D eigenvalue weighted by Crippen LogP contribution is 2.24. The van der Waals surface area contributed by atoms with E-state index in [1.807, 2.05) is 0 Å². The maximum atomic E-state index is 11.6. The summed E-state index contributed by atoms with van der Waals surface area (Å²) in [5.74, 6) is -1.33. The number of phenolic OH excluding ortho intramolecular Hbond substituents is 1. The molecule has 0 amide bonds. The first kappa shape index (κ1) is 9.51. The van der Waals surface area contributed by atoms with Gasteiger partial charge in [-0.05, 0) is 12.1 Å². The summed E-state index contributed by atoms with van der Waals surface area (Å²) in [5.41, 5.74) is 5.66. The van der Waals surface area contributed by atoms with E-state index < -0.39 is 5.97 Å². The van der Waals surface area contributed by atoms with Crippen LogP contribution in [-0.4, -0.2) is 22.0 Å². The Morgan fingerprint density at radius 2 is 2.13 bits per heavy atom. The fourth-order valence-corrected chi connectivity index (χ4v) is 1.15. The summed E-state index contributed by atoms with van der Waals surface area (Å²) >= 11 is 0. The Labute approximate surface area is 87.6 Å². The largest absolute Gasteiger partial charge is 0.506 e. The van der Waals surface area contributed by atoms with Crippen molar-refractivity contribution in [3.63, 3.8) is 0 Å². The number of carboxylic acids is 1. The molecule has 0 aliphatic heterocycles. The SMILES string of the molecule is [2H]OC(=O)CCC(=O)c1cccc(O)c1N. The van der Waals surface area contributed by atoms with Gasteiger partial charge in [-0.25, -0.2) is 0 Å². The number of hydrogen-bond acceptors (Lipinski definition) is 5. The summed E-state index contributed by atoms with van der Waals surface area (Å²) in [7, 11) is 0. The number of carbonyl (C=O) groups is 2. The molecule has 0 atom stereocenters. The number of anilines is 1. The van der Waals surface area contributed by atoms with Crippen molar-refractivity contribution in [1.82, 2.24) is 0 Å². The highest BCUT2D eigenvalue weighted by molar-refractivity contribution is 6.02. The van der Waals surface area contributed by atoms with Gasteiger partial charge in [0.25, 0.3) is 1.43 Å². The molecule has 0 bridgehead atoms. The fourth-order valence-electron chi connectivity index (χ4n) is 1.15. The lowest BCUT2D eigenvalue weighted by Gasteiger charge is -2.04. The zero-order valence-electron chi connectivity index (χ0n) is 8.90. The molecule has 5 nitrogen and oxygen atoms in total. The number of rotatable bonds is 4. The highest BCUT2D eigenvalue weighted by Gasteiger charge is 2.13. The molecule has 1 rings (SSSR count). The van der Waals surface area contributed by atoms with Crippen LogP contribution in [0.15, 0.2) is 18.2 Å². The van der Waals surface area contributed by atoms with Crippen LogP contribution in [0.2, 0.25) is 0 Å². The highest BCUT2D eigenvalue weighted by atomic mass is 16.4. The molecule has 4 N–H and O–H groups in total. The van der Waals surface area contributed by atoms with Crippen molar-refractivity contribution in [3.8, 4) is 5.75 Å². The minimum Gasteiger partial charge on any atom is -0.506 e.